The molecule has 2 fully saturated rings. The number of amides is 1. The second kappa shape index (κ2) is 7.64. The molecule has 1 aliphatic heterocycles. The Morgan fingerprint density at radius 3 is 2.46 bits per heavy atom. The fourth-order valence-corrected chi connectivity index (χ4v) is 3.50. The first-order chi connectivity index (χ1) is 11.7. The van der Waals surface area contributed by atoms with Gasteiger partial charge in [-0.05, 0) is 31.9 Å². The van der Waals surface area contributed by atoms with Crippen LogP contribution in [0.5, 0.6) is 0 Å². The van der Waals surface area contributed by atoms with Gasteiger partial charge in [0.1, 0.15) is 5.82 Å². The van der Waals surface area contributed by atoms with Gasteiger partial charge in [0.2, 0.25) is 5.91 Å². The van der Waals surface area contributed by atoms with Crippen LogP contribution in [0.1, 0.15) is 43.0 Å². The number of anilines is 1. The molecule has 1 aromatic heterocycles. The van der Waals surface area contributed by atoms with Gasteiger partial charge in [0.25, 0.3) is 0 Å². The number of pyridine rings is 1. The Morgan fingerprint density at radius 2 is 1.88 bits per heavy atom. The number of aromatic nitrogens is 1. The second-order valence-corrected chi connectivity index (χ2v) is 6.42. The summed E-state index contributed by atoms with van der Waals surface area (Å²) in [5, 5.41) is 0. The van der Waals surface area contributed by atoms with E-state index >= 15 is 0 Å². The lowest BCUT2D eigenvalue weighted by molar-refractivity contribution is -0.135. The third-order valence-electron chi connectivity index (χ3n) is 4.88. The third kappa shape index (κ3) is 3.68. The number of nitrogens with zero attached hydrogens (tertiary/aromatic N) is 3. The molecule has 2 heterocycles. The number of ether oxygens (including phenoxy) is 1. The van der Waals surface area contributed by atoms with Crippen molar-refractivity contribution in [2.24, 2.45) is 5.92 Å². The summed E-state index contributed by atoms with van der Waals surface area (Å²) in [5.41, 5.74) is 0.468. The van der Waals surface area contributed by atoms with E-state index in [1.54, 1.807) is 19.2 Å². The largest absolute Gasteiger partial charge is 0.462 e. The van der Waals surface area contributed by atoms with Crippen LogP contribution in [0.25, 0.3) is 0 Å². The van der Waals surface area contributed by atoms with E-state index < -0.39 is 0 Å². The predicted octanol–water partition coefficient (Wildman–Crippen LogP) is 2.10. The van der Waals surface area contributed by atoms with Gasteiger partial charge in [-0.2, -0.15) is 0 Å². The summed E-state index contributed by atoms with van der Waals surface area (Å²) in [6.07, 6.45) is 6.04. The Morgan fingerprint density at radius 1 is 1.17 bits per heavy atom. The highest BCUT2D eigenvalue weighted by molar-refractivity contribution is 5.89. The Bertz CT molecular complexity index is 574. The van der Waals surface area contributed by atoms with Crippen LogP contribution in [-0.2, 0) is 9.53 Å². The Hall–Kier alpha value is -2.11. The Balaban J connectivity index is 1.54. The van der Waals surface area contributed by atoms with Crippen LogP contribution in [0, 0.1) is 5.92 Å². The van der Waals surface area contributed by atoms with E-state index in [2.05, 4.69) is 9.88 Å². The van der Waals surface area contributed by atoms with Crippen molar-refractivity contribution in [2.75, 3.05) is 37.7 Å². The first-order valence-electron chi connectivity index (χ1n) is 8.86. The molecule has 0 spiro atoms. The quantitative estimate of drug-likeness (QED) is 0.791. The summed E-state index contributed by atoms with van der Waals surface area (Å²) >= 11 is 0. The average molecular weight is 331 g/mol. The van der Waals surface area contributed by atoms with Crippen molar-refractivity contribution in [3.63, 3.8) is 0 Å². The molecule has 3 rings (SSSR count). The molecule has 1 saturated carbocycles. The van der Waals surface area contributed by atoms with Gasteiger partial charge in [-0.15, -0.1) is 0 Å². The highest BCUT2D eigenvalue weighted by atomic mass is 16.5. The molecule has 2 aliphatic rings. The van der Waals surface area contributed by atoms with Gasteiger partial charge in [-0.1, -0.05) is 12.8 Å². The van der Waals surface area contributed by atoms with E-state index in [4.69, 9.17) is 4.74 Å². The fourth-order valence-electron chi connectivity index (χ4n) is 3.50. The highest BCUT2D eigenvalue weighted by Gasteiger charge is 2.29. The van der Waals surface area contributed by atoms with Crippen LogP contribution in [0.15, 0.2) is 18.3 Å². The molecular formula is C18H25N3O3. The first-order valence-corrected chi connectivity index (χ1v) is 8.86. The maximum Gasteiger partial charge on any atom is 0.339 e. The summed E-state index contributed by atoms with van der Waals surface area (Å²) in [7, 11) is 0. The van der Waals surface area contributed by atoms with E-state index in [9.17, 15) is 9.59 Å². The van der Waals surface area contributed by atoms with Crippen molar-refractivity contribution >= 4 is 17.7 Å². The van der Waals surface area contributed by atoms with Crippen molar-refractivity contribution < 1.29 is 14.3 Å². The zero-order valence-corrected chi connectivity index (χ0v) is 14.2. The van der Waals surface area contributed by atoms with E-state index in [1.165, 1.54) is 12.8 Å². The van der Waals surface area contributed by atoms with Crippen LogP contribution >= 0.6 is 0 Å². The van der Waals surface area contributed by atoms with E-state index in [0.717, 1.165) is 44.8 Å². The van der Waals surface area contributed by atoms with E-state index in [-0.39, 0.29) is 11.9 Å². The molecule has 24 heavy (non-hydrogen) atoms. The minimum Gasteiger partial charge on any atom is -0.462 e. The van der Waals surface area contributed by atoms with Crippen LogP contribution in [-0.4, -0.2) is 54.5 Å². The average Bonchev–Trinajstić information content (AvgIpc) is 3.16. The van der Waals surface area contributed by atoms with Crippen LogP contribution < -0.4 is 4.90 Å². The summed E-state index contributed by atoms with van der Waals surface area (Å²) in [6.45, 7) is 5.20. The minimum atomic E-state index is -0.344. The number of hydrogen-bond acceptors (Lipinski definition) is 5. The number of piperazine rings is 1. The maximum absolute atomic E-state index is 12.5. The summed E-state index contributed by atoms with van der Waals surface area (Å²) in [4.78, 5) is 32.7. The molecule has 0 aromatic carbocycles. The molecule has 1 saturated heterocycles. The van der Waals surface area contributed by atoms with Gasteiger partial charge in [0, 0.05) is 38.3 Å². The van der Waals surface area contributed by atoms with Gasteiger partial charge in [0.15, 0.2) is 0 Å². The molecule has 0 radical (unpaired) electrons. The highest BCUT2D eigenvalue weighted by Crippen LogP contribution is 2.27. The maximum atomic E-state index is 12.5. The number of rotatable bonds is 4. The number of carbonyl (C=O) groups is 2. The summed E-state index contributed by atoms with van der Waals surface area (Å²) in [6, 6.07) is 3.59. The zero-order valence-electron chi connectivity index (χ0n) is 14.2. The number of esters is 1. The number of carbonyl (C=O) groups excluding carboxylic acids is 2. The standard InChI is InChI=1S/C18H25N3O3/c1-2-24-18(23)15-7-8-16(19-13-15)20-9-11-21(12-10-20)17(22)14-5-3-4-6-14/h7-8,13-14H,2-6,9-12H2,1H3. The smallest absolute Gasteiger partial charge is 0.339 e. The van der Waals surface area contributed by atoms with Crippen molar-refractivity contribution in [2.45, 2.75) is 32.6 Å². The van der Waals surface area contributed by atoms with Crippen molar-refractivity contribution in [1.82, 2.24) is 9.88 Å². The first kappa shape index (κ1) is 16.7. The van der Waals surface area contributed by atoms with Gasteiger partial charge in [-0.3, -0.25) is 4.79 Å². The zero-order chi connectivity index (χ0) is 16.9. The van der Waals surface area contributed by atoms with Gasteiger partial charge < -0.3 is 14.5 Å². The third-order valence-corrected chi connectivity index (χ3v) is 4.88. The van der Waals surface area contributed by atoms with Crippen LogP contribution in [0.2, 0.25) is 0 Å². The Kier molecular flexibility index (Phi) is 5.33. The van der Waals surface area contributed by atoms with E-state index in [0.29, 0.717) is 18.1 Å². The fraction of sp³-hybridized carbons (Fsp3) is 0.611. The molecule has 1 amide bonds. The minimum absolute atomic E-state index is 0.249. The second-order valence-electron chi connectivity index (χ2n) is 6.42. The molecule has 1 aliphatic carbocycles. The number of hydrogen-bond donors (Lipinski definition) is 0. The molecule has 0 bridgehead atoms. The van der Waals surface area contributed by atoms with Crippen molar-refractivity contribution in [1.29, 1.82) is 0 Å². The van der Waals surface area contributed by atoms with Crippen molar-refractivity contribution in [3.05, 3.63) is 23.9 Å². The van der Waals surface area contributed by atoms with Crippen molar-refractivity contribution in [3.8, 4) is 0 Å². The predicted molar refractivity (Wildman–Crippen MR) is 90.9 cm³/mol. The Labute approximate surface area is 142 Å². The normalized spacial score (nSPS) is 18.7. The molecule has 6 nitrogen and oxygen atoms in total. The van der Waals surface area contributed by atoms with Crippen LogP contribution in [0.3, 0.4) is 0 Å². The van der Waals surface area contributed by atoms with Gasteiger partial charge >= 0.3 is 5.97 Å². The lowest BCUT2D eigenvalue weighted by Gasteiger charge is -2.36. The molecule has 1 aromatic rings. The molecular weight excluding hydrogens is 306 g/mol. The van der Waals surface area contributed by atoms with Gasteiger partial charge in [-0.25, -0.2) is 9.78 Å². The molecule has 0 N–H and O–H groups in total. The molecule has 0 atom stereocenters. The lowest BCUT2D eigenvalue weighted by atomic mass is 10.1. The monoisotopic (exact) mass is 331 g/mol. The molecule has 6 heteroatoms. The van der Waals surface area contributed by atoms with E-state index in [1.807, 2.05) is 11.0 Å². The van der Waals surface area contributed by atoms with Crippen LogP contribution in [0.4, 0.5) is 5.82 Å². The SMILES string of the molecule is CCOC(=O)c1ccc(N2CCN(C(=O)C3CCCC3)CC2)nc1. The summed E-state index contributed by atoms with van der Waals surface area (Å²) in [5.74, 6) is 1.08. The molecule has 0 unspecified atom stereocenters. The van der Waals surface area contributed by atoms with Gasteiger partial charge in [0.05, 0.1) is 12.2 Å². The molecule has 130 valence electrons. The summed E-state index contributed by atoms with van der Waals surface area (Å²) < 4.78 is 4.97. The lowest BCUT2D eigenvalue weighted by Crippen LogP contribution is -2.50. The topological polar surface area (TPSA) is 62.7 Å².